The third-order valence-corrected chi connectivity index (χ3v) is 5.45. The zero-order chi connectivity index (χ0) is 17.2. The maximum Gasteiger partial charge on any atom is 0.255 e. The third-order valence-electron chi connectivity index (χ3n) is 4.35. The van der Waals surface area contributed by atoms with E-state index in [2.05, 4.69) is 19.9 Å². The number of rotatable bonds is 2. The summed E-state index contributed by atoms with van der Waals surface area (Å²) in [6, 6.07) is 3.90. The van der Waals surface area contributed by atoms with Gasteiger partial charge < -0.3 is 9.80 Å². The first-order valence-corrected chi connectivity index (χ1v) is 9.19. The molecule has 0 N–H and O–H groups in total. The lowest BCUT2D eigenvalue weighted by atomic mass is 10.2. The molecule has 0 aliphatic carbocycles. The van der Waals surface area contributed by atoms with Gasteiger partial charge in [0.2, 0.25) is 0 Å². The summed E-state index contributed by atoms with van der Waals surface area (Å²) in [5, 5.41) is 1.01. The molecule has 25 heavy (non-hydrogen) atoms. The number of anilines is 1. The highest BCUT2D eigenvalue weighted by Crippen LogP contribution is 2.28. The number of thiazole rings is 1. The molecule has 7 heteroatoms. The number of carbonyl (C=O) groups is 1. The van der Waals surface area contributed by atoms with Crippen molar-refractivity contribution in [2.45, 2.75) is 13.3 Å². The van der Waals surface area contributed by atoms with Gasteiger partial charge in [-0.3, -0.25) is 14.8 Å². The first-order chi connectivity index (χ1) is 12.2. The van der Waals surface area contributed by atoms with E-state index in [0.29, 0.717) is 12.1 Å². The minimum Gasteiger partial charge on any atom is -0.346 e. The topological polar surface area (TPSA) is 62.2 Å². The standard InChI is InChI=1S/C18H19N5OS/c1-13-9-14(11-20-10-13)17(24)22-5-2-6-23(8-7-22)18-21-15-12-19-4-3-16(15)25-18/h3-4,9-12H,2,5-8H2,1H3. The normalized spacial score (nSPS) is 15.4. The Morgan fingerprint density at radius 3 is 2.88 bits per heavy atom. The fraction of sp³-hybridized carbons (Fsp3) is 0.333. The molecule has 0 bridgehead atoms. The second-order valence-electron chi connectivity index (χ2n) is 6.22. The third kappa shape index (κ3) is 3.32. The maximum atomic E-state index is 12.7. The minimum absolute atomic E-state index is 0.0616. The lowest BCUT2D eigenvalue weighted by Gasteiger charge is -2.21. The van der Waals surface area contributed by atoms with Crippen molar-refractivity contribution in [2.75, 3.05) is 31.1 Å². The van der Waals surface area contributed by atoms with E-state index < -0.39 is 0 Å². The molecule has 0 atom stereocenters. The van der Waals surface area contributed by atoms with E-state index in [1.807, 2.05) is 24.0 Å². The van der Waals surface area contributed by atoms with Crippen LogP contribution in [0.5, 0.6) is 0 Å². The Bertz CT molecular complexity index is 876. The van der Waals surface area contributed by atoms with Crippen LogP contribution in [-0.2, 0) is 0 Å². The fourth-order valence-corrected chi connectivity index (χ4v) is 4.05. The molecule has 1 aliphatic rings. The summed E-state index contributed by atoms with van der Waals surface area (Å²) in [6.45, 7) is 5.11. The lowest BCUT2D eigenvalue weighted by Crippen LogP contribution is -2.35. The van der Waals surface area contributed by atoms with Gasteiger partial charge >= 0.3 is 0 Å². The Kier molecular flexibility index (Phi) is 4.31. The molecular formula is C18H19N5OS. The van der Waals surface area contributed by atoms with Crippen LogP contribution in [0, 0.1) is 6.92 Å². The first-order valence-electron chi connectivity index (χ1n) is 8.37. The molecule has 0 radical (unpaired) electrons. The van der Waals surface area contributed by atoms with Crippen LogP contribution in [0.1, 0.15) is 22.3 Å². The highest BCUT2D eigenvalue weighted by atomic mass is 32.1. The minimum atomic E-state index is 0.0616. The van der Waals surface area contributed by atoms with Crippen LogP contribution in [-0.4, -0.2) is 51.9 Å². The number of aromatic nitrogens is 3. The first kappa shape index (κ1) is 16.0. The molecular weight excluding hydrogens is 334 g/mol. The highest BCUT2D eigenvalue weighted by Gasteiger charge is 2.22. The van der Waals surface area contributed by atoms with Crippen LogP contribution in [0.15, 0.2) is 36.9 Å². The number of aryl methyl sites for hydroxylation is 1. The zero-order valence-electron chi connectivity index (χ0n) is 14.1. The van der Waals surface area contributed by atoms with Crippen LogP contribution in [0.4, 0.5) is 5.13 Å². The Hall–Kier alpha value is -2.54. The molecule has 1 saturated heterocycles. The molecule has 1 fully saturated rings. The quantitative estimate of drug-likeness (QED) is 0.709. The van der Waals surface area contributed by atoms with Gasteiger partial charge in [-0.2, -0.15) is 0 Å². The zero-order valence-corrected chi connectivity index (χ0v) is 14.9. The Balaban J connectivity index is 1.49. The fourth-order valence-electron chi connectivity index (χ4n) is 3.07. The van der Waals surface area contributed by atoms with Gasteiger partial charge in [-0.15, -0.1) is 0 Å². The SMILES string of the molecule is Cc1cncc(C(=O)N2CCCN(c3nc4cnccc4s3)CC2)c1. The van der Waals surface area contributed by atoms with E-state index in [4.69, 9.17) is 0 Å². The van der Waals surface area contributed by atoms with Gasteiger partial charge in [0.1, 0.15) is 5.52 Å². The molecule has 0 aromatic carbocycles. The molecule has 3 aromatic rings. The van der Waals surface area contributed by atoms with E-state index in [-0.39, 0.29) is 5.91 Å². The predicted molar refractivity (Wildman–Crippen MR) is 99.1 cm³/mol. The number of hydrogen-bond acceptors (Lipinski definition) is 6. The van der Waals surface area contributed by atoms with Crippen molar-refractivity contribution in [3.8, 4) is 0 Å². The average molecular weight is 353 g/mol. The van der Waals surface area contributed by atoms with Gasteiger partial charge in [0.25, 0.3) is 5.91 Å². The molecule has 6 nitrogen and oxygen atoms in total. The Labute approximate surface area is 150 Å². The lowest BCUT2D eigenvalue weighted by molar-refractivity contribution is 0.0766. The van der Waals surface area contributed by atoms with E-state index in [1.54, 1.807) is 36.1 Å². The molecule has 0 saturated carbocycles. The number of hydrogen-bond donors (Lipinski definition) is 0. The number of pyridine rings is 2. The monoisotopic (exact) mass is 353 g/mol. The Morgan fingerprint density at radius 1 is 1.12 bits per heavy atom. The molecule has 1 amide bonds. The average Bonchev–Trinajstić information content (AvgIpc) is 2.90. The van der Waals surface area contributed by atoms with Gasteiger partial charge in [0.05, 0.1) is 16.5 Å². The van der Waals surface area contributed by atoms with E-state index >= 15 is 0 Å². The molecule has 0 unspecified atom stereocenters. The summed E-state index contributed by atoms with van der Waals surface area (Å²) < 4.78 is 1.15. The Morgan fingerprint density at radius 2 is 2.04 bits per heavy atom. The molecule has 3 aromatic heterocycles. The summed E-state index contributed by atoms with van der Waals surface area (Å²) in [5.74, 6) is 0.0616. The van der Waals surface area contributed by atoms with Crippen molar-refractivity contribution < 1.29 is 4.79 Å². The summed E-state index contributed by atoms with van der Waals surface area (Å²) in [6.07, 6.45) is 7.94. The summed E-state index contributed by atoms with van der Waals surface area (Å²) in [5.41, 5.74) is 2.61. The molecule has 4 rings (SSSR count). The smallest absolute Gasteiger partial charge is 0.255 e. The van der Waals surface area contributed by atoms with Crippen molar-refractivity contribution in [3.05, 3.63) is 48.0 Å². The van der Waals surface area contributed by atoms with E-state index in [9.17, 15) is 4.79 Å². The van der Waals surface area contributed by atoms with Crippen LogP contribution >= 0.6 is 11.3 Å². The predicted octanol–water partition coefficient (Wildman–Crippen LogP) is 2.75. The van der Waals surface area contributed by atoms with Crippen molar-refractivity contribution in [2.24, 2.45) is 0 Å². The van der Waals surface area contributed by atoms with Crippen molar-refractivity contribution in [1.82, 2.24) is 19.9 Å². The van der Waals surface area contributed by atoms with Crippen molar-refractivity contribution in [3.63, 3.8) is 0 Å². The highest BCUT2D eigenvalue weighted by molar-refractivity contribution is 7.22. The second-order valence-corrected chi connectivity index (χ2v) is 7.23. The van der Waals surface area contributed by atoms with Crippen LogP contribution in [0.2, 0.25) is 0 Å². The van der Waals surface area contributed by atoms with Gasteiger partial charge in [0, 0.05) is 44.8 Å². The van der Waals surface area contributed by atoms with E-state index in [0.717, 1.165) is 47.0 Å². The van der Waals surface area contributed by atoms with Gasteiger partial charge in [0.15, 0.2) is 5.13 Å². The maximum absolute atomic E-state index is 12.7. The van der Waals surface area contributed by atoms with Gasteiger partial charge in [-0.25, -0.2) is 4.98 Å². The number of fused-ring (bicyclic) bond motifs is 1. The van der Waals surface area contributed by atoms with Gasteiger partial charge in [-0.05, 0) is 31.0 Å². The van der Waals surface area contributed by atoms with Crippen LogP contribution in [0.3, 0.4) is 0 Å². The van der Waals surface area contributed by atoms with Crippen LogP contribution in [0.25, 0.3) is 10.2 Å². The number of carbonyl (C=O) groups excluding carboxylic acids is 1. The summed E-state index contributed by atoms with van der Waals surface area (Å²) in [4.78, 5) is 29.9. The largest absolute Gasteiger partial charge is 0.346 e. The molecule has 128 valence electrons. The van der Waals surface area contributed by atoms with Crippen molar-refractivity contribution >= 4 is 32.6 Å². The summed E-state index contributed by atoms with van der Waals surface area (Å²) in [7, 11) is 0. The second kappa shape index (κ2) is 6.76. The van der Waals surface area contributed by atoms with Crippen LogP contribution < -0.4 is 4.90 Å². The molecule has 1 aliphatic heterocycles. The van der Waals surface area contributed by atoms with Crippen molar-refractivity contribution in [1.29, 1.82) is 0 Å². The number of amides is 1. The summed E-state index contributed by atoms with van der Waals surface area (Å²) >= 11 is 1.68. The number of nitrogens with zero attached hydrogens (tertiary/aromatic N) is 5. The molecule has 0 spiro atoms. The van der Waals surface area contributed by atoms with E-state index in [1.165, 1.54) is 0 Å². The molecule has 4 heterocycles. The van der Waals surface area contributed by atoms with Gasteiger partial charge in [-0.1, -0.05) is 11.3 Å².